The highest BCUT2D eigenvalue weighted by molar-refractivity contribution is 7.89. The van der Waals surface area contributed by atoms with E-state index in [0.717, 1.165) is 0 Å². The topological polar surface area (TPSA) is 94.4 Å². The minimum atomic E-state index is -3.67. The summed E-state index contributed by atoms with van der Waals surface area (Å²) in [4.78, 5) is 17.8. The molecule has 1 saturated heterocycles. The van der Waals surface area contributed by atoms with E-state index in [1.54, 1.807) is 30.5 Å². The zero-order valence-corrected chi connectivity index (χ0v) is 15.1. The molecule has 0 radical (unpaired) electrons. The monoisotopic (exact) mass is 370 g/mol. The molecule has 134 valence electrons. The van der Waals surface area contributed by atoms with Gasteiger partial charge in [0.25, 0.3) is 0 Å². The van der Waals surface area contributed by atoms with Gasteiger partial charge < -0.3 is 4.90 Å². The van der Waals surface area contributed by atoms with Crippen molar-refractivity contribution in [2.45, 2.75) is 11.8 Å². The van der Waals surface area contributed by atoms with Gasteiger partial charge in [0.15, 0.2) is 5.78 Å². The highest BCUT2D eigenvalue weighted by Gasteiger charge is 2.29. The summed E-state index contributed by atoms with van der Waals surface area (Å²) in [5.74, 6) is 0.400. The summed E-state index contributed by atoms with van der Waals surface area (Å²) in [7, 11) is -3.67. The summed E-state index contributed by atoms with van der Waals surface area (Å²) in [5.41, 5.74) is 0.842. The van der Waals surface area contributed by atoms with Crippen molar-refractivity contribution in [3.8, 4) is 6.07 Å². The SMILES string of the molecule is CC(=O)c1cccc(S(=O)(=O)N2CCN(c3ncccc3C#N)CC2)c1. The third-order valence-electron chi connectivity index (χ3n) is 4.32. The van der Waals surface area contributed by atoms with Crippen molar-refractivity contribution in [3.63, 3.8) is 0 Å². The number of ketones is 1. The van der Waals surface area contributed by atoms with Crippen LogP contribution in [-0.4, -0.2) is 49.7 Å². The number of benzene rings is 1. The predicted octanol–water partition coefficient (Wildman–Crippen LogP) is 1.67. The Balaban J connectivity index is 1.78. The minimum Gasteiger partial charge on any atom is -0.353 e. The molecule has 1 aliphatic heterocycles. The molecule has 1 fully saturated rings. The molecule has 0 aliphatic carbocycles. The van der Waals surface area contributed by atoms with Crippen LogP contribution in [0.25, 0.3) is 0 Å². The summed E-state index contributed by atoms with van der Waals surface area (Å²) < 4.78 is 27.1. The fourth-order valence-electron chi connectivity index (χ4n) is 2.90. The molecular formula is C18H18N4O3S. The molecular weight excluding hydrogens is 352 g/mol. The third kappa shape index (κ3) is 3.45. The van der Waals surface area contributed by atoms with Crippen LogP contribution in [0.15, 0.2) is 47.5 Å². The van der Waals surface area contributed by atoms with E-state index >= 15 is 0 Å². The zero-order chi connectivity index (χ0) is 18.7. The number of carbonyl (C=O) groups excluding carboxylic acids is 1. The second-order valence-corrected chi connectivity index (χ2v) is 7.90. The van der Waals surface area contributed by atoms with Crippen LogP contribution < -0.4 is 4.90 Å². The Morgan fingerprint density at radius 2 is 1.88 bits per heavy atom. The van der Waals surface area contributed by atoms with Crippen LogP contribution in [-0.2, 0) is 10.0 Å². The van der Waals surface area contributed by atoms with Crippen molar-refractivity contribution in [2.75, 3.05) is 31.1 Å². The first-order valence-electron chi connectivity index (χ1n) is 8.14. The number of rotatable bonds is 4. The van der Waals surface area contributed by atoms with Crippen molar-refractivity contribution >= 4 is 21.6 Å². The van der Waals surface area contributed by atoms with Crippen LogP contribution in [0.3, 0.4) is 0 Å². The molecule has 3 rings (SSSR count). The van der Waals surface area contributed by atoms with Gasteiger partial charge in [0.2, 0.25) is 10.0 Å². The lowest BCUT2D eigenvalue weighted by Crippen LogP contribution is -2.49. The number of aromatic nitrogens is 1. The smallest absolute Gasteiger partial charge is 0.243 e. The number of hydrogen-bond acceptors (Lipinski definition) is 6. The predicted molar refractivity (Wildman–Crippen MR) is 96.4 cm³/mol. The Morgan fingerprint density at radius 1 is 1.15 bits per heavy atom. The largest absolute Gasteiger partial charge is 0.353 e. The second-order valence-electron chi connectivity index (χ2n) is 5.96. The maximum absolute atomic E-state index is 12.9. The van der Waals surface area contributed by atoms with E-state index in [-0.39, 0.29) is 23.8 Å². The van der Waals surface area contributed by atoms with E-state index in [9.17, 15) is 18.5 Å². The van der Waals surface area contributed by atoms with E-state index in [0.29, 0.717) is 30.0 Å². The van der Waals surface area contributed by atoms with Crippen LogP contribution in [0.5, 0.6) is 0 Å². The molecule has 2 heterocycles. The van der Waals surface area contributed by atoms with Gasteiger partial charge >= 0.3 is 0 Å². The van der Waals surface area contributed by atoms with E-state index in [1.165, 1.54) is 23.4 Å². The van der Waals surface area contributed by atoms with E-state index < -0.39 is 10.0 Å². The van der Waals surface area contributed by atoms with E-state index in [2.05, 4.69) is 11.1 Å². The maximum atomic E-state index is 12.9. The summed E-state index contributed by atoms with van der Waals surface area (Å²) >= 11 is 0. The molecule has 1 aromatic carbocycles. The number of sulfonamides is 1. The number of carbonyl (C=O) groups is 1. The molecule has 0 N–H and O–H groups in total. The van der Waals surface area contributed by atoms with Gasteiger partial charge in [0, 0.05) is 37.9 Å². The average molecular weight is 370 g/mol. The van der Waals surface area contributed by atoms with Crippen molar-refractivity contribution < 1.29 is 13.2 Å². The highest BCUT2D eigenvalue weighted by Crippen LogP contribution is 2.22. The first kappa shape index (κ1) is 18.0. The molecule has 26 heavy (non-hydrogen) atoms. The molecule has 1 aromatic heterocycles. The number of hydrogen-bond donors (Lipinski definition) is 0. The van der Waals surface area contributed by atoms with E-state index in [1.807, 2.05) is 4.90 Å². The van der Waals surface area contributed by atoms with Gasteiger partial charge in [-0.3, -0.25) is 4.79 Å². The lowest BCUT2D eigenvalue weighted by atomic mass is 10.2. The fourth-order valence-corrected chi connectivity index (χ4v) is 4.37. The number of pyridine rings is 1. The number of anilines is 1. The number of nitrogens with zero attached hydrogens (tertiary/aromatic N) is 4. The average Bonchev–Trinajstić information content (AvgIpc) is 2.68. The number of nitriles is 1. The Morgan fingerprint density at radius 3 is 2.54 bits per heavy atom. The normalized spacial score (nSPS) is 15.5. The Labute approximate surface area is 152 Å². The molecule has 0 bridgehead atoms. The van der Waals surface area contributed by atoms with Crippen molar-refractivity contribution in [1.29, 1.82) is 5.26 Å². The summed E-state index contributed by atoms with van der Waals surface area (Å²) in [6.45, 7) is 2.86. The maximum Gasteiger partial charge on any atom is 0.243 e. The number of piperazine rings is 1. The van der Waals surface area contributed by atoms with Gasteiger partial charge in [0.05, 0.1) is 10.5 Å². The van der Waals surface area contributed by atoms with E-state index in [4.69, 9.17) is 0 Å². The van der Waals surface area contributed by atoms with Gasteiger partial charge in [-0.05, 0) is 31.2 Å². The lowest BCUT2D eigenvalue weighted by Gasteiger charge is -2.35. The Kier molecular flexibility index (Phi) is 5.02. The molecule has 7 nitrogen and oxygen atoms in total. The van der Waals surface area contributed by atoms with Gasteiger partial charge in [-0.1, -0.05) is 12.1 Å². The van der Waals surface area contributed by atoms with Crippen molar-refractivity contribution in [3.05, 3.63) is 53.7 Å². The molecule has 8 heteroatoms. The molecule has 0 atom stereocenters. The Hall–Kier alpha value is -2.76. The van der Waals surface area contributed by atoms with Gasteiger partial charge in [-0.2, -0.15) is 9.57 Å². The standard InChI is InChI=1S/C18H18N4O3S/c1-14(23)15-4-2-6-17(12-15)26(24,25)22-10-8-21(9-11-22)18-16(13-19)5-3-7-20-18/h2-7,12H,8-11H2,1H3. The third-order valence-corrected chi connectivity index (χ3v) is 6.22. The Bertz CT molecular complexity index is 974. The van der Waals surface area contributed by atoms with Crippen molar-refractivity contribution in [2.24, 2.45) is 0 Å². The molecule has 0 saturated carbocycles. The summed E-state index contributed by atoms with van der Waals surface area (Å²) in [6, 6.07) is 11.6. The first-order valence-corrected chi connectivity index (χ1v) is 9.58. The zero-order valence-electron chi connectivity index (χ0n) is 14.3. The summed E-state index contributed by atoms with van der Waals surface area (Å²) in [6.07, 6.45) is 1.62. The minimum absolute atomic E-state index is 0.120. The van der Waals surface area contributed by atoms with Crippen LogP contribution in [0.4, 0.5) is 5.82 Å². The highest BCUT2D eigenvalue weighted by atomic mass is 32.2. The van der Waals surface area contributed by atoms with Crippen LogP contribution in [0, 0.1) is 11.3 Å². The van der Waals surface area contributed by atoms with Crippen LogP contribution in [0.1, 0.15) is 22.8 Å². The fraction of sp³-hybridized carbons (Fsp3) is 0.278. The summed E-state index contributed by atoms with van der Waals surface area (Å²) in [5, 5.41) is 9.20. The lowest BCUT2D eigenvalue weighted by molar-refractivity contribution is 0.101. The molecule has 0 amide bonds. The van der Waals surface area contributed by atoms with Crippen LogP contribution in [0.2, 0.25) is 0 Å². The molecule has 0 unspecified atom stereocenters. The molecule has 2 aromatic rings. The number of Topliss-reactive ketones (excluding diaryl/α,β-unsaturated/α-hetero) is 1. The quantitative estimate of drug-likeness (QED) is 0.760. The van der Waals surface area contributed by atoms with Gasteiger partial charge in [0.1, 0.15) is 11.9 Å². The molecule has 0 spiro atoms. The first-order chi connectivity index (χ1) is 12.4. The second kappa shape index (κ2) is 7.23. The van der Waals surface area contributed by atoms with Gasteiger partial charge in [-0.15, -0.1) is 0 Å². The van der Waals surface area contributed by atoms with Crippen LogP contribution >= 0.6 is 0 Å². The van der Waals surface area contributed by atoms with Crippen molar-refractivity contribution in [1.82, 2.24) is 9.29 Å². The van der Waals surface area contributed by atoms with Gasteiger partial charge in [-0.25, -0.2) is 13.4 Å². The molecule has 1 aliphatic rings.